The molecule has 1 amide bonds. The maximum atomic E-state index is 13.0. The van der Waals surface area contributed by atoms with E-state index in [1.807, 2.05) is 35.2 Å². The fourth-order valence-electron chi connectivity index (χ4n) is 4.13. The Morgan fingerprint density at radius 3 is 2.97 bits per heavy atom. The number of hydrogen-bond acceptors (Lipinski definition) is 6. The molecule has 0 atom stereocenters. The molecule has 0 radical (unpaired) electrons. The number of nitrogens with zero attached hydrogens (tertiary/aromatic N) is 3. The number of carbonyl (C=O) groups excluding carboxylic acids is 1. The van der Waals surface area contributed by atoms with Crippen molar-refractivity contribution in [2.24, 2.45) is 0 Å². The maximum absolute atomic E-state index is 13.0. The Hall–Kier alpha value is -2.42. The molecule has 3 aromatic rings. The third-order valence-electron chi connectivity index (χ3n) is 5.81. The van der Waals surface area contributed by atoms with E-state index in [1.165, 1.54) is 4.88 Å². The normalized spacial score (nSPS) is 17.3. The number of para-hydroxylation sites is 1. The number of thiazole rings is 1. The number of benzene rings is 1. The van der Waals surface area contributed by atoms with E-state index >= 15 is 0 Å². The van der Waals surface area contributed by atoms with Crippen LogP contribution in [0.25, 0.3) is 10.9 Å². The van der Waals surface area contributed by atoms with Crippen molar-refractivity contribution in [3.8, 4) is 0 Å². The minimum absolute atomic E-state index is 0.0604. The van der Waals surface area contributed by atoms with Gasteiger partial charge in [-0.15, -0.1) is 0 Å². The van der Waals surface area contributed by atoms with Crippen molar-refractivity contribution in [1.29, 1.82) is 0 Å². The second kappa shape index (κ2) is 8.75. The molecule has 158 valence electrons. The number of rotatable bonds is 6. The van der Waals surface area contributed by atoms with Crippen molar-refractivity contribution in [1.82, 2.24) is 19.8 Å². The van der Waals surface area contributed by atoms with Gasteiger partial charge in [0.1, 0.15) is 5.69 Å². The molecule has 0 saturated carbocycles. The van der Waals surface area contributed by atoms with E-state index in [0.29, 0.717) is 18.8 Å². The Morgan fingerprint density at radius 1 is 1.23 bits per heavy atom. The predicted octanol–water partition coefficient (Wildman–Crippen LogP) is 2.96. The minimum atomic E-state index is 0.0604. The molecule has 2 aliphatic heterocycles. The van der Waals surface area contributed by atoms with Crippen LogP contribution in [0.3, 0.4) is 0 Å². The van der Waals surface area contributed by atoms with Crippen LogP contribution in [0.4, 0.5) is 5.13 Å². The number of H-pyrrole nitrogens is 1. The molecule has 0 bridgehead atoms. The molecule has 1 aromatic carbocycles. The summed E-state index contributed by atoms with van der Waals surface area (Å²) in [7, 11) is 0. The third-order valence-corrected chi connectivity index (χ3v) is 6.85. The van der Waals surface area contributed by atoms with Gasteiger partial charge in [-0.1, -0.05) is 29.5 Å². The molecule has 4 heterocycles. The van der Waals surface area contributed by atoms with Gasteiger partial charge in [0.2, 0.25) is 0 Å². The van der Waals surface area contributed by atoms with Crippen LogP contribution in [0.1, 0.15) is 27.5 Å². The first-order valence-corrected chi connectivity index (χ1v) is 11.5. The number of anilines is 1. The average molecular weight is 426 g/mol. The lowest BCUT2D eigenvalue weighted by atomic mass is 10.1. The standard InChI is InChI=1S/C22H27N5O2S/c28-21(19-14-16-4-1-2-5-17(16)24-19)27-9-6-18-20(15-27)30-22(25-18)23-7-3-8-26-10-12-29-13-11-26/h1-2,4-5,14,24H,3,6-13,15H2,(H,23,25). The van der Waals surface area contributed by atoms with Gasteiger partial charge in [0.25, 0.3) is 5.91 Å². The second-order valence-electron chi connectivity index (χ2n) is 7.87. The lowest BCUT2D eigenvalue weighted by Gasteiger charge is -2.26. The van der Waals surface area contributed by atoms with Crippen molar-refractivity contribution in [3.05, 3.63) is 46.6 Å². The Balaban J connectivity index is 1.16. The van der Waals surface area contributed by atoms with Gasteiger partial charge in [-0.05, 0) is 25.1 Å². The molecule has 0 unspecified atom stereocenters. The van der Waals surface area contributed by atoms with E-state index in [1.54, 1.807) is 11.3 Å². The lowest BCUT2D eigenvalue weighted by Crippen LogP contribution is -2.37. The molecule has 0 aliphatic carbocycles. The summed E-state index contributed by atoms with van der Waals surface area (Å²) in [6.45, 7) is 7.12. The van der Waals surface area contributed by atoms with Crippen LogP contribution in [0.15, 0.2) is 30.3 Å². The summed E-state index contributed by atoms with van der Waals surface area (Å²) in [6, 6.07) is 9.94. The molecule has 8 heteroatoms. The fraction of sp³-hybridized carbons (Fsp3) is 0.455. The number of morpholine rings is 1. The number of aromatic nitrogens is 2. The van der Waals surface area contributed by atoms with Gasteiger partial charge in [-0.25, -0.2) is 4.98 Å². The zero-order chi connectivity index (χ0) is 20.3. The lowest BCUT2D eigenvalue weighted by molar-refractivity contribution is 0.0378. The first-order chi connectivity index (χ1) is 14.8. The summed E-state index contributed by atoms with van der Waals surface area (Å²) in [5, 5.41) is 5.52. The largest absolute Gasteiger partial charge is 0.379 e. The van der Waals surface area contributed by atoms with E-state index in [9.17, 15) is 4.79 Å². The monoisotopic (exact) mass is 425 g/mol. The number of ether oxygens (including phenoxy) is 1. The first-order valence-electron chi connectivity index (χ1n) is 10.7. The van der Waals surface area contributed by atoms with Crippen LogP contribution < -0.4 is 5.32 Å². The van der Waals surface area contributed by atoms with Gasteiger partial charge in [0.15, 0.2) is 5.13 Å². The van der Waals surface area contributed by atoms with Crippen molar-refractivity contribution in [3.63, 3.8) is 0 Å². The van der Waals surface area contributed by atoms with Crippen LogP contribution in [0, 0.1) is 0 Å². The smallest absolute Gasteiger partial charge is 0.270 e. The number of aromatic amines is 1. The molecule has 30 heavy (non-hydrogen) atoms. The number of fused-ring (bicyclic) bond motifs is 2. The molecular formula is C22H27N5O2S. The Kier molecular flexibility index (Phi) is 5.70. The van der Waals surface area contributed by atoms with E-state index in [-0.39, 0.29) is 5.91 Å². The second-order valence-corrected chi connectivity index (χ2v) is 8.95. The molecule has 2 N–H and O–H groups in total. The number of hydrogen-bond donors (Lipinski definition) is 2. The highest BCUT2D eigenvalue weighted by Crippen LogP contribution is 2.29. The highest BCUT2D eigenvalue weighted by molar-refractivity contribution is 7.15. The molecule has 7 nitrogen and oxygen atoms in total. The summed E-state index contributed by atoms with van der Waals surface area (Å²) < 4.78 is 5.40. The van der Waals surface area contributed by atoms with Crippen molar-refractivity contribution in [2.45, 2.75) is 19.4 Å². The average Bonchev–Trinajstić information content (AvgIpc) is 3.40. The highest BCUT2D eigenvalue weighted by atomic mass is 32.1. The summed E-state index contributed by atoms with van der Waals surface area (Å²) >= 11 is 1.68. The fourth-order valence-corrected chi connectivity index (χ4v) is 5.18. The maximum Gasteiger partial charge on any atom is 0.270 e. The summed E-state index contributed by atoms with van der Waals surface area (Å²) in [4.78, 5) is 26.6. The van der Waals surface area contributed by atoms with Gasteiger partial charge < -0.3 is 19.9 Å². The summed E-state index contributed by atoms with van der Waals surface area (Å²) in [5.74, 6) is 0.0604. The van der Waals surface area contributed by atoms with E-state index in [0.717, 1.165) is 74.0 Å². The topological polar surface area (TPSA) is 73.5 Å². The molecule has 2 aromatic heterocycles. The summed E-state index contributed by atoms with van der Waals surface area (Å²) in [5.41, 5.74) is 2.79. The van der Waals surface area contributed by atoms with Crippen LogP contribution in [0.2, 0.25) is 0 Å². The SMILES string of the molecule is O=C(c1cc2ccccc2[nH]1)N1CCc2nc(NCCCN3CCOCC3)sc2C1. The van der Waals surface area contributed by atoms with Crippen molar-refractivity contribution < 1.29 is 9.53 Å². The van der Waals surface area contributed by atoms with Gasteiger partial charge in [-0.3, -0.25) is 9.69 Å². The minimum Gasteiger partial charge on any atom is -0.379 e. The third kappa shape index (κ3) is 4.21. The Morgan fingerprint density at radius 2 is 2.10 bits per heavy atom. The van der Waals surface area contributed by atoms with E-state index in [2.05, 4.69) is 15.2 Å². The van der Waals surface area contributed by atoms with E-state index in [4.69, 9.17) is 9.72 Å². The molecule has 1 saturated heterocycles. The number of carbonyl (C=O) groups is 1. The molecule has 5 rings (SSSR count). The molecule has 0 spiro atoms. The zero-order valence-electron chi connectivity index (χ0n) is 17.0. The Labute approximate surface area is 180 Å². The predicted molar refractivity (Wildman–Crippen MR) is 119 cm³/mol. The van der Waals surface area contributed by atoms with Crippen LogP contribution in [-0.2, 0) is 17.7 Å². The van der Waals surface area contributed by atoms with Crippen LogP contribution in [-0.4, -0.2) is 71.6 Å². The van der Waals surface area contributed by atoms with Gasteiger partial charge in [0, 0.05) is 48.4 Å². The Bertz CT molecular complexity index is 991. The van der Waals surface area contributed by atoms with Crippen LogP contribution >= 0.6 is 11.3 Å². The van der Waals surface area contributed by atoms with Gasteiger partial charge >= 0.3 is 0 Å². The van der Waals surface area contributed by atoms with Crippen molar-refractivity contribution >= 4 is 33.3 Å². The van der Waals surface area contributed by atoms with Gasteiger partial charge in [0.05, 0.1) is 25.5 Å². The molecule has 1 fully saturated rings. The quantitative estimate of drug-likeness (QED) is 0.594. The first kappa shape index (κ1) is 19.5. The molecule has 2 aliphatic rings. The van der Waals surface area contributed by atoms with Crippen LogP contribution in [0.5, 0.6) is 0 Å². The summed E-state index contributed by atoms with van der Waals surface area (Å²) in [6.07, 6.45) is 1.91. The van der Waals surface area contributed by atoms with Gasteiger partial charge in [-0.2, -0.15) is 0 Å². The number of nitrogens with one attached hydrogen (secondary N) is 2. The van der Waals surface area contributed by atoms with E-state index < -0.39 is 0 Å². The number of amides is 1. The van der Waals surface area contributed by atoms with Crippen molar-refractivity contribution in [2.75, 3.05) is 51.3 Å². The highest BCUT2D eigenvalue weighted by Gasteiger charge is 2.25. The molecular weight excluding hydrogens is 398 g/mol. The zero-order valence-corrected chi connectivity index (χ0v) is 17.8.